The molecule has 430 valence electrons. The maximum atomic E-state index is 5.08. The Kier molecular flexibility index (Phi) is 20.2. The summed E-state index contributed by atoms with van der Waals surface area (Å²) in [5.74, 6) is 1.97. The first-order valence-electron chi connectivity index (χ1n) is 30.0. The van der Waals surface area contributed by atoms with Gasteiger partial charge < -0.3 is 4.42 Å². The summed E-state index contributed by atoms with van der Waals surface area (Å²) in [6, 6.07) is 86.8. The van der Waals surface area contributed by atoms with Crippen molar-refractivity contribution in [2.45, 2.75) is 96.9 Å². The average molecular weight is 1140 g/mol. The molecule has 0 unspecified atom stereocenters. The quantitative estimate of drug-likeness (QED) is 0.138. The van der Waals surface area contributed by atoms with Gasteiger partial charge in [0.1, 0.15) is 11.5 Å². The number of hydrogen-bond acceptors (Lipinski definition) is 2. The molecule has 0 saturated heterocycles. The minimum absolute atomic E-state index is 0.984. The predicted octanol–water partition coefficient (Wildman–Crippen LogP) is 25.0. The van der Waals surface area contributed by atoms with Crippen LogP contribution in [0.4, 0.5) is 0 Å². The van der Waals surface area contributed by atoms with E-state index in [0.29, 0.717) is 0 Å². The highest BCUT2D eigenvalue weighted by molar-refractivity contribution is 7.11. The molecule has 0 bridgehead atoms. The molecule has 0 spiro atoms. The van der Waals surface area contributed by atoms with Crippen LogP contribution in [0.3, 0.4) is 0 Å². The van der Waals surface area contributed by atoms with E-state index in [4.69, 9.17) is 4.42 Å². The lowest BCUT2D eigenvalue weighted by Gasteiger charge is -2.11. The Morgan fingerprint density at radius 1 is 0.209 bits per heavy atom. The monoisotopic (exact) mass is 1140 g/mol. The van der Waals surface area contributed by atoms with E-state index in [1.165, 1.54) is 152 Å². The van der Waals surface area contributed by atoms with E-state index in [1.807, 2.05) is 37.3 Å². The van der Waals surface area contributed by atoms with Crippen LogP contribution in [0, 0.1) is 96.9 Å². The Morgan fingerprint density at radius 2 is 0.477 bits per heavy atom. The fourth-order valence-corrected chi connectivity index (χ4v) is 12.1. The van der Waals surface area contributed by atoms with E-state index in [-0.39, 0.29) is 0 Å². The van der Waals surface area contributed by atoms with Crippen molar-refractivity contribution >= 4 is 97.5 Å². The highest BCUT2D eigenvalue weighted by atomic mass is 32.1. The van der Waals surface area contributed by atoms with Gasteiger partial charge in [-0.2, -0.15) is 0 Å². The number of fused-ring (bicyclic) bond motifs is 8. The molecule has 13 aromatic carbocycles. The first kappa shape index (κ1) is 61.5. The maximum absolute atomic E-state index is 5.08. The zero-order valence-corrected chi connectivity index (χ0v) is 53.7. The van der Waals surface area contributed by atoms with Crippen molar-refractivity contribution in [1.29, 1.82) is 0 Å². The molecule has 2 aromatic heterocycles. The molecule has 0 atom stereocenters. The van der Waals surface area contributed by atoms with Crippen molar-refractivity contribution in [1.82, 2.24) is 0 Å². The molecule has 0 aliphatic heterocycles. The van der Waals surface area contributed by atoms with Crippen LogP contribution < -0.4 is 0 Å². The van der Waals surface area contributed by atoms with Crippen molar-refractivity contribution in [2.75, 3.05) is 0 Å². The second-order valence-corrected chi connectivity index (χ2v) is 24.7. The summed E-state index contributed by atoms with van der Waals surface area (Å²) in [7, 11) is 0. The van der Waals surface area contributed by atoms with Gasteiger partial charge in [0.25, 0.3) is 0 Å². The minimum atomic E-state index is 0.984. The van der Waals surface area contributed by atoms with Crippen LogP contribution in [-0.2, 0) is 0 Å². The lowest BCUT2D eigenvalue weighted by molar-refractivity contribution is 0.504. The van der Waals surface area contributed by atoms with Crippen LogP contribution in [0.15, 0.2) is 247 Å². The molecule has 0 aliphatic rings. The third-order valence-electron chi connectivity index (χ3n) is 16.2. The smallest absolute Gasteiger partial charge is 0.101 e. The molecule has 15 rings (SSSR count). The summed E-state index contributed by atoms with van der Waals surface area (Å²) in [6.07, 6.45) is 0. The molecule has 0 saturated carbocycles. The Hall–Kier alpha value is -9.08. The number of aryl methyl sites for hydroxylation is 14. The van der Waals surface area contributed by atoms with Crippen LogP contribution in [0.2, 0.25) is 0 Å². The SMILES string of the molecule is Cc1c2ccccc2c(C)c2ccccc12.Cc1ccc(C)c2cc3ccccc3cc12.Cc1ccc(C)c2ccccc12.Cc1ccc(C)o1.Cc1ccc(C)s1.Cc1ccc2cc(C)ccc2c1.Cc1ccc2cc3cc(C)ccc3cc2c1. The zero-order chi connectivity index (χ0) is 61.0. The number of thiophene rings is 1. The Balaban J connectivity index is 0.000000122. The molecule has 0 N–H and O–H groups in total. The fourth-order valence-electron chi connectivity index (χ4n) is 11.3. The van der Waals surface area contributed by atoms with Crippen LogP contribution in [0.1, 0.15) is 76.9 Å². The average Bonchev–Trinajstić information content (AvgIpc) is 1.81. The van der Waals surface area contributed by atoms with Gasteiger partial charge in [0.2, 0.25) is 0 Å². The van der Waals surface area contributed by atoms with Crippen molar-refractivity contribution in [2.24, 2.45) is 0 Å². The van der Waals surface area contributed by atoms with Gasteiger partial charge in [-0.05, 0) is 265 Å². The number of hydrogen-bond donors (Lipinski definition) is 0. The van der Waals surface area contributed by atoms with Crippen molar-refractivity contribution in [3.05, 3.63) is 320 Å². The standard InChI is InChI=1S/3C16H14.2C12H12.C6H8O.C6H8S/c1-11-3-5-13-10-16-8-12(2)4-6-14(16)9-15(13)7-11;1-11-13-7-3-5-9-15(13)12(2)16-10-6-4-8-14(11)16;1-11-7-8-12(2)16-10-14-6-4-3-5-13(14)9-15(11)16;1-9-3-5-12-8-10(2)4-6-11(12)7-9;1-9-7-8-10(2)12-6-4-3-5-11(9)12;2*1-5-3-4-6(2)7-5/h3*3-10H,1-2H3;2*3-8H,1-2H3;2*3-4H,1-2H3. The lowest BCUT2D eigenvalue weighted by atomic mass is 9.93. The summed E-state index contributed by atoms with van der Waals surface area (Å²) in [5.41, 5.74) is 13.5. The van der Waals surface area contributed by atoms with E-state index in [9.17, 15) is 0 Å². The maximum Gasteiger partial charge on any atom is 0.101 e. The lowest BCUT2D eigenvalue weighted by Crippen LogP contribution is -1.87. The summed E-state index contributed by atoms with van der Waals surface area (Å²) >= 11 is 1.84. The Labute approximate surface area is 515 Å². The van der Waals surface area contributed by atoms with Gasteiger partial charge in [0.15, 0.2) is 0 Å². The van der Waals surface area contributed by atoms with Crippen LogP contribution in [-0.4, -0.2) is 0 Å². The van der Waals surface area contributed by atoms with Crippen LogP contribution in [0.25, 0.3) is 86.2 Å². The van der Waals surface area contributed by atoms with Crippen LogP contribution >= 0.6 is 11.3 Å². The third kappa shape index (κ3) is 15.4. The van der Waals surface area contributed by atoms with E-state index in [1.54, 1.807) is 0 Å². The molecule has 0 aliphatic carbocycles. The second kappa shape index (κ2) is 28.2. The fraction of sp³-hybridized carbons (Fsp3) is 0.167. The molecule has 2 heterocycles. The summed E-state index contributed by atoms with van der Waals surface area (Å²) < 4.78 is 5.08. The highest BCUT2D eigenvalue weighted by Gasteiger charge is 2.08. The van der Waals surface area contributed by atoms with Crippen LogP contribution in [0.5, 0.6) is 0 Å². The Bertz CT molecular complexity index is 4420. The van der Waals surface area contributed by atoms with Gasteiger partial charge in [0.05, 0.1) is 0 Å². The van der Waals surface area contributed by atoms with Crippen molar-refractivity contribution in [3.63, 3.8) is 0 Å². The minimum Gasteiger partial charge on any atom is -0.467 e. The van der Waals surface area contributed by atoms with E-state index in [0.717, 1.165) is 11.5 Å². The molecular weight excluding hydrogens is 1060 g/mol. The molecule has 15 aromatic rings. The third-order valence-corrected chi connectivity index (χ3v) is 17.1. The normalized spacial score (nSPS) is 10.7. The molecule has 0 fully saturated rings. The van der Waals surface area contributed by atoms with Crippen molar-refractivity contribution in [3.8, 4) is 0 Å². The molecule has 0 radical (unpaired) electrons. The van der Waals surface area contributed by atoms with E-state index in [2.05, 4.69) is 314 Å². The van der Waals surface area contributed by atoms with Gasteiger partial charge in [0, 0.05) is 9.75 Å². The van der Waals surface area contributed by atoms with Crippen molar-refractivity contribution < 1.29 is 4.42 Å². The van der Waals surface area contributed by atoms with Gasteiger partial charge in [-0.3, -0.25) is 0 Å². The first-order valence-corrected chi connectivity index (χ1v) is 30.8. The second-order valence-electron chi connectivity index (χ2n) is 23.3. The highest BCUT2D eigenvalue weighted by Crippen LogP contribution is 2.32. The predicted molar refractivity (Wildman–Crippen MR) is 382 cm³/mol. The summed E-state index contributed by atoms with van der Waals surface area (Å²) in [4.78, 5) is 2.80. The van der Waals surface area contributed by atoms with Gasteiger partial charge in [-0.15, -0.1) is 11.3 Å². The van der Waals surface area contributed by atoms with Gasteiger partial charge >= 0.3 is 0 Å². The zero-order valence-electron chi connectivity index (χ0n) is 52.9. The molecule has 2 heteroatoms. The molecule has 0 amide bonds. The van der Waals surface area contributed by atoms with Gasteiger partial charge in [-0.1, -0.05) is 216 Å². The molecule has 86 heavy (non-hydrogen) atoms. The largest absolute Gasteiger partial charge is 0.467 e. The number of rotatable bonds is 0. The van der Waals surface area contributed by atoms with E-state index >= 15 is 0 Å². The number of benzene rings is 13. The van der Waals surface area contributed by atoms with E-state index < -0.39 is 0 Å². The molecule has 1 nitrogen and oxygen atoms in total. The molecular formula is C84H82OS. The topological polar surface area (TPSA) is 13.1 Å². The summed E-state index contributed by atoms with van der Waals surface area (Å²) in [5, 5.41) is 21.6. The Morgan fingerprint density at radius 3 is 0.767 bits per heavy atom. The summed E-state index contributed by atoms with van der Waals surface area (Å²) in [6.45, 7) is 29.7. The number of furan rings is 1. The first-order chi connectivity index (χ1) is 41.4. The van der Waals surface area contributed by atoms with Gasteiger partial charge in [-0.25, -0.2) is 0 Å².